The Balaban J connectivity index is 0.000000350. The zero-order valence-electron chi connectivity index (χ0n) is 21.0. The summed E-state index contributed by atoms with van der Waals surface area (Å²) in [5, 5.41) is 0. The first-order valence-electron chi connectivity index (χ1n) is 13.9. The fourth-order valence-corrected chi connectivity index (χ4v) is 4.45. The minimum absolute atomic E-state index is 0.211. The van der Waals surface area contributed by atoms with Gasteiger partial charge in [0.05, 0.1) is 6.61 Å². The van der Waals surface area contributed by atoms with Crippen molar-refractivity contribution in [2.24, 2.45) is 0 Å². The molecular formula is C28H56O2. The van der Waals surface area contributed by atoms with E-state index in [-0.39, 0.29) is 5.97 Å². The summed E-state index contributed by atoms with van der Waals surface area (Å²) >= 11 is 0. The first-order chi connectivity index (χ1) is 14.8. The van der Waals surface area contributed by atoms with Crippen LogP contribution in [0, 0.1) is 0 Å². The zero-order valence-corrected chi connectivity index (χ0v) is 21.0. The van der Waals surface area contributed by atoms with E-state index in [1.807, 2.05) is 0 Å². The van der Waals surface area contributed by atoms with Crippen molar-refractivity contribution in [3.63, 3.8) is 0 Å². The van der Waals surface area contributed by atoms with Gasteiger partial charge in [-0.1, -0.05) is 154 Å². The lowest BCUT2D eigenvalue weighted by Crippen LogP contribution is -1.95. The molecule has 4 rings (SSSR count). The second-order valence-electron chi connectivity index (χ2n) is 9.41. The van der Waals surface area contributed by atoms with Crippen molar-refractivity contribution in [3.05, 3.63) is 0 Å². The molecule has 2 nitrogen and oxygen atoms in total. The molecule has 0 unspecified atom stereocenters. The molecule has 0 aromatic heterocycles. The van der Waals surface area contributed by atoms with Gasteiger partial charge in [-0.15, -0.1) is 0 Å². The summed E-state index contributed by atoms with van der Waals surface area (Å²) in [6, 6.07) is 0. The van der Waals surface area contributed by atoms with Gasteiger partial charge in [0.25, 0.3) is 0 Å². The number of rotatable bonds is 1. The number of esters is 1. The van der Waals surface area contributed by atoms with E-state index in [1.54, 1.807) is 6.92 Å². The van der Waals surface area contributed by atoms with Gasteiger partial charge in [-0.05, 0) is 6.92 Å². The predicted octanol–water partition coefficient (Wildman–Crippen LogP) is 9.93. The fourth-order valence-electron chi connectivity index (χ4n) is 4.45. The van der Waals surface area contributed by atoms with E-state index in [0.29, 0.717) is 6.61 Å². The van der Waals surface area contributed by atoms with Crippen molar-refractivity contribution in [2.45, 2.75) is 168 Å². The lowest BCUT2D eigenvalue weighted by molar-refractivity contribution is -0.140. The molecule has 4 saturated carbocycles. The summed E-state index contributed by atoms with van der Waals surface area (Å²) in [5.41, 5.74) is 0. The van der Waals surface area contributed by atoms with Crippen LogP contribution >= 0.6 is 0 Å². The molecule has 0 heterocycles. The summed E-state index contributed by atoms with van der Waals surface area (Å²) < 4.78 is 4.40. The Kier molecular flexibility index (Phi) is 26.0. The van der Waals surface area contributed by atoms with Gasteiger partial charge in [-0.25, -0.2) is 0 Å². The lowest BCUT2D eigenvalue weighted by atomic mass is 10.0. The van der Waals surface area contributed by atoms with Crippen LogP contribution in [-0.2, 0) is 9.53 Å². The topological polar surface area (TPSA) is 26.3 Å². The molecule has 0 aromatic carbocycles. The van der Waals surface area contributed by atoms with Crippen LogP contribution in [0.3, 0.4) is 0 Å². The van der Waals surface area contributed by atoms with Gasteiger partial charge in [0.1, 0.15) is 0 Å². The van der Waals surface area contributed by atoms with Gasteiger partial charge in [-0.3, -0.25) is 4.79 Å². The summed E-state index contributed by atoms with van der Waals surface area (Å²) in [5.74, 6) is -0.211. The largest absolute Gasteiger partial charge is 0.466 e. The summed E-state index contributed by atoms with van der Waals surface area (Å²) in [6.07, 6.45) is 36.0. The minimum atomic E-state index is -0.211. The molecule has 4 aliphatic carbocycles. The third kappa shape index (κ3) is 27.5. The Morgan fingerprint density at radius 2 is 0.567 bits per heavy atom. The number of ether oxygens (including phenoxy) is 1. The Morgan fingerprint density at radius 1 is 0.433 bits per heavy atom. The Labute approximate surface area is 190 Å². The van der Waals surface area contributed by atoms with Crippen LogP contribution in [0.15, 0.2) is 0 Å². The maximum Gasteiger partial charge on any atom is 0.302 e. The van der Waals surface area contributed by atoms with Crippen LogP contribution in [-0.4, -0.2) is 12.6 Å². The second kappa shape index (κ2) is 26.5. The molecule has 0 amide bonds. The number of carbonyl (C=O) groups is 1. The summed E-state index contributed by atoms with van der Waals surface area (Å²) in [4.78, 5) is 9.82. The molecule has 30 heavy (non-hydrogen) atoms. The number of hydrogen-bond acceptors (Lipinski definition) is 2. The Hall–Kier alpha value is -0.530. The minimum Gasteiger partial charge on any atom is -0.466 e. The third-order valence-electron chi connectivity index (χ3n) is 6.35. The molecule has 0 aliphatic heterocycles. The normalized spacial score (nSPS) is 20.7. The number of hydrogen-bond donors (Lipinski definition) is 0. The molecule has 0 bridgehead atoms. The van der Waals surface area contributed by atoms with Gasteiger partial charge < -0.3 is 4.74 Å². The summed E-state index contributed by atoms with van der Waals surface area (Å²) in [6.45, 7) is 3.65. The highest BCUT2D eigenvalue weighted by Gasteiger charge is 1.97. The monoisotopic (exact) mass is 424 g/mol. The van der Waals surface area contributed by atoms with Gasteiger partial charge in [0.15, 0.2) is 0 Å². The Bertz CT molecular complexity index is 217. The second-order valence-corrected chi connectivity index (χ2v) is 9.41. The highest BCUT2D eigenvalue weighted by molar-refractivity contribution is 5.65. The molecule has 0 spiro atoms. The highest BCUT2D eigenvalue weighted by Crippen LogP contribution is 2.17. The van der Waals surface area contributed by atoms with Gasteiger partial charge >= 0.3 is 5.97 Å². The van der Waals surface area contributed by atoms with Gasteiger partial charge in [0.2, 0.25) is 0 Å². The van der Waals surface area contributed by atoms with E-state index >= 15 is 0 Å². The van der Waals surface area contributed by atoms with E-state index in [0.717, 1.165) is 0 Å². The van der Waals surface area contributed by atoms with Crippen molar-refractivity contribution in [1.29, 1.82) is 0 Å². The van der Waals surface area contributed by atoms with Crippen LogP contribution < -0.4 is 0 Å². The van der Waals surface area contributed by atoms with E-state index in [2.05, 4.69) is 4.74 Å². The maximum atomic E-state index is 9.82. The average Bonchev–Trinajstić information content (AvgIpc) is 2.85. The molecule has 2 heteroatoms. The molecule has 0 saturated heterocycles. The van der Waals surface area contributed by atoms with Crippen molar-refractivity contribution in [3.8, 4) is 0 Å². The third-order valence-corrected chi connectivity index (χ3v) is 6.35. The van der Waals surface area contributed by atoms with Crippen LogP contribution in [0.25, 0.3) is 0 Å². The molecular weight excluding hydrogens is 368 g/mol. The van der Waals surface area contributed by atoms with Crippen LogP contribution in [0.4, 0.5) is 0 Å². The first kappa shape index (κ1) is 29.5. The molecule has 4 aliphatic rings. The van der Waals surface area contributed by atoms with E-state index < -0.39 is 0 Å². The quantitative estimate of drug-likeness (QED) is 0.391. The van der Waals surface area contributed by atoms with Crippen LogP contribution in [0.2, 0.25) is 0 Å². The molecule has 0 atom stereocenters. The molecule has 0 aromatic rings. The lowest BCUT2D eigenvalue weighted by Gasteiger charge is -2.05. The SMILES string of the molecule is C1CCCCC1.C1CCCCC1.C1CCCCC1.C1CCCCC1.CCOC(C)=O. The van der Waals surface area contributed by atoms with Crippen molar-refractivity contribution >= 4 is 5.97 Å². The standard InChI is InChI=1S/4C6H12.C4H8O2/c4*1-2-4-6-5-3-1;1-3-6-4(2)5/h4*1-6H2;3H2,1-2H3. The van der Waals surface area contributed by atoms with Crippen LogP contribution in [0.1, 0.15) is 168 Å². The van der Waals surface area contributed by atoms with Gasteiger partial charge in [0, 0.05) is 6.92 Å². The first-order valence-corrected chi connectivity index (χ1v) is 13.9. The van der Waals surface area contributed by atoms with Crippen LogP contribution in [0.5, 0.6) is 0 Å². The zero-order chi connectivity index (χ0) is 22.0. The number of carbonyl (C=O) groups excluding carboxylic acids is 1. The average molecular weight is 425 g/mol. The van der Waals surface area contributed by atoms with E-state index in [4.69, 9.17) is 0 Å². The van der Waals surface area contributed by atoms with Crippen molar-refractivity contribution in [1.82, 2.24) is 0 Å². The van der Waals surface area contributed by atoms with Crippen molar-refractivity contribution in [2.75, 3.05) is 6.61 Å². The molecule has 4 fully saturated rings. The molecule has 0 radical (unpaired) electrons. The summed E-state index contributed by atoms with van der Waals surface area (Å²) in [7, 11) is 0. The predicted molar refractivity (Wildman–Crippen MR) is 133 cm³/mol. The smallest absolute Gasteiger partial charge is 0.302 e. The molecule has 180 valence electrons. The fraction of sp³-hybridized carbons (Fsp3) is 0.964. The van der Waals surface area contributed by atoms with Gasteiger partial charge in [-0.2, -0.15) is 0 Å². The van der Waals surface area contributed by atoms with Crippen molar-refractivity contribution < 1.29 is 9.53 Å². The van der Waals surface area contributed by atoms with E-state index in [9.17, 15) is 4.79 Å². The van der Waals surface area contributed by atoms with E-state index in [1.165, 1.54) is 161 Å². The highest BCUT2D eigenvalue weighted by atomic mass is 16.5. The maximum absolute atomic E-state index is 9.82. The Morgan fingerprint density at radius 3 is 0.600 bits per heavy atom. The molecule has 0 N–H and O–H groups in total.